The van der Waals surface area contributed by atoms with E-state index < -0.39 is 6.04 Å². The number of benzene rings is 2. The highest BCUT2D eigenvalue weighted by Gasteiger charge is 2.46. The maximum atomic E-state index is 12.2. The average Bonchev–Trinajstić information content (AvgIpc) is 2.52. The smallest absolute Gasteiger partial charge is 0.247 e. The number of carbonyl (C=O) groups excluding carboxylic acids is 1. The topological polar surface area (TPSA) is 55.6 Å². The van der Waals surface area contributed by atoms with Crippen LogP contribution in [0.25, 0.3) is 0 Å². The molecule has 4 heteroatoms. The first-order valence-corrected chi connectivity index (χ1v) is 6.91. The van der Waals surface area contributed by atoms with Gasteiger partial charge in [-0.05, 0) is 36.8 Å². The van der Waals surface area contributed by atoms with Crippen LogP contribution < -0.4 is 15.4 Å². The van der Waals surface area contributed by atoms with Crippen molar-refractivity contribution in [2.75, 3.05) is 12.0 Å². The Balaban J connectivity index is 1.96. The molecular weight excluding hydrogens is 264 g/mol. The summed E-state index contributed by atoms with van der Waals surface area (Å²) < 4.78 is 5.25. The summed E-state index contributed by atoms with van der Waals surface area (Å²) in [5.41, 5.74) is 9.04. The zero-order valence-corrected chi connectivity index (χ0v) is 12.1. The fourth-order valence-corrected chi connectivity index (χ4v) is 2.69. The van der Waals surface area contributed by atoms with Crippen LogP contribution in [0.2, 0.25) is 0 Å². The summed E-state index contributed by atoms with van der Waals surface area (Å²) in [6.45, 7) is 2.02. The molecule has 1 aliphatic rings. The highest BCUT2D eigenvalue weighted by atomic mass is 16.5. The molecule has 4 nitrogen and oxygen atoms in total. The van der Waals surface area contributed by atoms with Crippen molar-refractivity contribution in [1.29, 1.82) is 0 Å². The van der Waals surface area contributed by atoms with Crippen molar-refractivity contribution in [2.45, 2.75) is 19.0 Å². The number of carbonyl (C=O) groups is 1. The molecule has 1 aliphatic heterocycles. The number of ether oxygens (including phenoxy) is 1. The van der Waals surface area contributed by atoms with E-state index >= 15 is 0 Å². The lowest BCUT2D eigenvalue weighted by molar-refractivity contribution is -0.126. The number of rotatable bonds is 3. The lowest BCUT2D eigenvalue weighted by Crippen LogP contribution is -2.63. The summed E-state index contributed by atoms with van der Waals surface area (Å²) in [4.78, 5) is 13.9. The van der Waals surface area contributed by atoms with Crippen LogP contribution in [0, 0.1) is 6.92 Å². The summed E-state index contributed by atoms with van der Waals surface area (Å²) in [6.07, 6.45) is 0. The number of hydrogen-bond donors (Lipinski definition) is 1. The van der Waals surface area contributed by atoms with Gasteiger partial charge in [0.25, 0.3) is 0 Å². The third kappa shape index (κ3) is 2.28. The number of aryl methyl sites for hydroxylation is 1. The monoisotopic (exact) mass is 282 g/mol. The van der Waals surface area contributed by atoms with Gasteiger partial charge in [0.05, 0.1) is 13.2 Å². The Morgan fingerprint density at radius 1 is 1.14 bits per heavy atom. The van der Waals surface area contributed by atoms with Gasteiger partial charge in [0.2, 0.25) is 5.91 Å². The fraction of sp³-hybridized carbons (Fsp3) is 0.235. The molecule has 108 valence electrons. The van der Waals surface area contributed by atoms with Gasteiger partial charge in [-0.2, -0.15) is 0 Å². The third-order valence-corrected chi connectivity index (χ3v) is 3.89. The van der Waals surface area contributed by atoms with Crippen molar-refractivity contribution in [2.24, 2.45) is 5.73 Å². The summed E-state index contributed by atoms with van der Waals surface area (Å²) in [7, 11) is 1.63. The van der Waals surface area contributed by atoms with Gasteiger partial charge in [-0.3, -0.25) is 4.79 Å². The average molecular weight is 282 g/mol. The second kappa shape index (κ2) is 5.22. The molecule has 0 aromatic heterocycles. The van der Waals surface area contributed by atoms with E-state index in [1.807, 2.05) is 55.5 Å². The number of nitrogens with zero attached hydrogens (tertiary/aromatic N) is 1. The van der Waals surface area contributed by atoms with Crippen LogP contribution >= 0.6 is 0 Å². The second-order valence-electron chi connectivity index (χ2n) is 5.29. The number of β-lactam (4-membered cyclic amide) rings is 1. The van der Waals surface area contributed by atoms with Crippen molar-refractivity contribution in [1.82, 2.24) is 0 Å². The van der Waals surface area contributed by atoms with E-state index in [9.17, 15) is 4.79 Å². The Morgan fingerprint density at radius 3 is 2.52 bits per heavy atom. The van der Waals surface area contributed by atoms with Crippen molar-refractivity contribution in [3.63, 3.8) is 0 Å². The highest BCUT2D eigenvalue weighted by Crippen LogP contribution is 2.38. The second-order valence-corrected chi connectivity index (χ2v) is 5.29. The number of hydrogen-bond acceptors (Lipinski definition) is 3. The lowest BCUT2D eigenvalue weighted by Gasteiger charge is -2.45. The zero-order chi connectivity index (χ0) is 15.0. The molecule has 0 aliphatic carbocycles. The zero-order valence-electron chi connectivity index (χ0n) is 12.1. The Morgan fingerprint density at radius 2 is 1.86 bits per heavy atom. The Hall–Kier alpha value is -2.33. The van der Waals surface area contributed by atoms with Crippen LogP contribution in [0.3, 0.4) is 0 Å². The number of nitrogens with two attached hydrogens (primary N) is 1. The van der Waals surface area contributed by atoms with E-state index in [1.165, 1.54) is 0 Å². The van der Waals surface area contributed by atoms with Gasteiger partial charge in [-0.1, -0.05) is 29.8 Å². The molecule has 3 rings (SSSR count). The van der Waals surface area contributed by atoms with Crippen LogP contribution in [0.1, 0.15) is 17.2 Å². The van der Waals surface area contributed by atoms with Crippen LogP contribution in [0.5, 0.6) is 5.75 Å². The molecule has 0 bridgehead atoms. The van der Waals surface area contributed by atoms with Crippen LogP contribution in [0.15, 0.2) is 48.5 Å². The summed E-state index contributed by atoms with van der Waals surface area (Å²) in [5.74, 6) is 0.717. The van der Waals surface area contributed by atoms with Crippen LogP contribution in [-0.2, 0) is 4.79 Å². The Labute approximate surface area is 124 Å². The SMILES string of the molecule is COc1cccc([C@@H]2[C@H](N)C(=O)N2c2ccc(C)cc2)c1. The van der Waals surface area contributed by atoms with Crippen LogP contribution in [0.4, 0.5) is 5.69 Å². The molecule has 21 heavy (non-hydrogen) atoms. The first-order valence-electron chi connectivity index (χ1n) is 6.91. The van der Waals surface area contributed by atoms with Gasteiger partial charge in [-0.25, -0.2) is 0 Å². The maximum Gasteiger partial charge on any atom is 0.247 e. The highest BCUT2D eigenvalue weighted by molar-refractivity contribution is 6.05. The minimum atomic E-state index is -0.501. The number of amides is 1. The van der Waals surface area contributed by atoms with Gasteiger partial charge in [0.15, 0.2) is 0 Å². The summed E-state index contributed by atoms with van der Waals surface area (Å²) >= 11 is 0. The number of methoxy groups -OCH3 is 1. The first kappa shape index (κ1) is 13.6. The Bertz CT molecular complexity index is 667. The van der Waals surface area contributed by atoms with Crippen LogP contribution in [-0.4, -0.2) is 19.1 Å². The molecular formula is C17H18N2O2. The van der Waals surface area contributed by atoms with E-state index in [2.05, 4.69) is 0 Å². The summed E-state index contributed by atoms with van der Waals surface area (Å²) in [5, 5.41) is 0. The third-order valence-electron chi connectivity index (χ3n) is 3.89. The maximum absolute atomic E-state index is 12.2. The minimum Gasteiger partial charge on any atom is -0.497 e. The Kier molecular flexibility index (Phi) is 3.39. The molecule has 2 N–H and O–H groups in total. The van der Waals surface area contributed by atoms with E-state index in [0.717, 1.165) is 22.6 Å². The minimum absolute atomic E-state index is 0.0494. The largest absolute Gasteiger partial charge is 0.497 e. The predicted octanol–water partition coefficient (Wildman–Crippen LogP) is 2.42. The summed E-state index contributed by atoms with van der Waals surface area (Å²) in [6, 6.07) is 14.9. The molecule has 1 amide bonds. The van der Waals surface area contributed by atoms with E-state index in [1.54, 1.807) is 12.0 Å². The molecule has 1 heterocycles. The van der Waals surface area contributed by atoms with E-state index in [0.29, 0.717) is 0 Å². The van der Waals surface area contributed by atoms with Gasteiger partial charge >= 0.3 is 0 Å². The molecule has 2 aromatic rings. The van der Waals surface area contributed by atoms with Crippen molar-refractivity contribution in [3.05, 3.63) is 59.7 Å². The normalized spacial score (nSPS) is 21.1. The fourth-order valence-electron chi connectivity index (χ4n) is 2.69. The predicted molar refractivity (Wildman–Crippen MR) is 82.4 cm³/mol. The van der Waals surface area contributed by atoms with Crippen molar-refractivity contribution < 1.29 is 9.53 Å². The van der Waals surface area contributed by atoms with Gasteiger partial charge in [0, 0.05) is 5.69 Å². The molecule has 0 saturated carbocycles. The van der Waals surface area contributed by atoms with Gasteiger partial charge in [0.1, 0.15) is 11.8 Å². The standard InChI is InChI=1S/C17H18N2O2/c1-11-6-8-13(9-7-11)19-16(15(18)17(19)20)12-4-3-5-14(10-12)21-2/h3-10,15-16H,18H2,1-2H3/t15-,16+/m0/s1. The number of anilines is 1. The van der Waals surface area contributed by atoms with E-state index in [4.69, 9.17) is 10.5 Å². The molecule has 2 aromatic carbocycles. The molecule has 0 unspecified atom stereocenters. The van der Waals surface area contributed by atoms with Crippen molar-refractivity contribution in [3.8, 4) is 5.75 Å². The molecule has 2 atom stereocenters. The van der Waals surface area contributed by atoms with Crippen molar-refractivity contribution >= 4 is 11.6 Å². The van der Waals surface area contributed by atoms with Gasteiger partial charge < -0.3 is 15.4 Å². The van der Waals surface area contributed by atoms with E-state index in [-0.39, 0.29) is 11.9 Å². The first-order chi connectivity index (χ1) is 10.1. The van der Waals surface area contributed by atoms with Gasteiger partial charge in [-0.15, -0.1) is 0 Å². The molecule has 1 saturated heterocycles. The molecule has 1 fully saturated rings. The molecule has 0 spiro atoms. The molecule has 0 radical (unpaired) electrons. The quantitative estimate of drug-likeness (QED) is 0.880. The lowest BCUT2D eigenvalue weighted by atomic mass is 9.88.